The zero-order chi connectivity index (χ0) is 12.8. The quantitative estimate of drug-likeness (QED) is 0.819. The Morgan fingerprint density at radius 3 is 2.24 bits per heavy atom. The Balaban J connectivity index is 2.48. The summed E-state index contributed by atoms with van der Waals surface area (Å²) in [6.07, 6.45) is 0. The van der Waals surface area contributed by atoms with Gasteiger partial charge in [-0.1, -0.05) is 43.7 Å². The summed E-state index contributed by atoms with van der Waals surface area (Å²) in [5.74, 6) is 0.894. The lowest BCUT2D eigenvalue weighted by molar-refractivity contribution is 0.143. The zero-order valence-electron chi connectivity index (χ0n) is 11.5. The molecule has 1 aromatic carbocycles. The second kappa shape index (κ2) is 6.77. The molecule has 0 heterocycles. The largest absolute Gasteiger partial charge is 0.396 e. The molecule has 0 saturated carbocycles. The Morgan fingerprint density at radius 1 is 1.18 bits per heavy atom. The van der Waals surface area contributed by atoms with Crippen LogP contribution in [0.3, 0.4) is 0 Å². The molecule has 0 aromatic heterocycles. The molecule has 0 aliphatic rings. The molecular weight excluding hydrogens is 210 g/mol. The maximum absolute atomic E-state index is 9.32. The van der Waals surface area contributed by atoms with Crippen LogP contribution in [0, 0.1) is 18.8 Å². The molecule has 0 amide bonds. The van der Waals surface area contributed by atoms with Crippen molar-refractivity contribution in [1.82, 2.24) is 4.90 Å². The molecule has 0 saturated heterocycles. The normalized spacial score (nSPS) is 13.4. The van der Waals surface area contributed by atoms with Crippen LogP contribution in [0.4, 0.5) is 0 Å². The number of aryl methyl sites for hydroxylation is 1. The maximum atomic E-state index is 9.32. The van der Waals surface area contributed by atoms with Crippen molar-refractivity contribution >= 4 is 0 Å². The van der Waals surface area contributed by atoms with Crippen molar-refractivity contribution in [2.45, 2.75) is 27.3 Å². The van der Waals surface area contributed by atoms with Gasteiger partial charge in [-0.15, -0.1) is 0 Å². The van der Waals surface area contributed by atoms with Crippen molar-refractivity contribution in [3.63, 3.8) is 0 Å². The number of aliphatic hydroxyl groups excluding tert-OH is 1. The Morgan fingerprint density at radius 2 is 1.76 bits per heavy atom. The summed E-state index contributed by atoms with van der Waals surface area (Å²) < 4.78 is 0. The van der Waals surface area contributed by atoms with Gasteiger partial charge < -0.3 is 10.0 Å². The van der Waals surface area contributed by atoms with Crippen LogP contribution in [0.5, 0.6) is 0 Å². The van der Waals surface area contributed by atoms with Crippen LogP contribution in [0.2, 0.25) is 0 Å². The van der Waals surface area contributed by atoms with E-state index in [1.807, 2.05) is 0 Å². The van der Waals surface area contributed by atoms with Crippen molar-refractivity contribution in [3.8, 4) is 0 Å². The average Bonchev–Trinajstić information content (AvgIpc) is 2.28. The molecule has 0 aliphatic carbocycles. The van der Waals surface area contributed by atoms with E-state index in [-0.39, 0.29) is 6.61 Å². The van der Waals surface area contributed by atoms with Crippen LogP contribution >= 0.6 is 0 Å². The fourth-order valence-corrected chi connectivity index (χ4v) is 1.95. The molecule has 0 radical (unpaired) electrons. The first-order valence-electron chi connectivity index (χ1n) is 6.38. The zero-order valence-corrected chi connectivity index (χ0v) is 11.5. The first kappa shape index (κ1) is 14.2. The summed E-state index contributed by atoms with van der Waals surface area (Å²) in [4.78, 5) is 2.28. The summed E-state index contributed by atoms with van der Waals surface area (Å²) in [6.45, 7) is 8.61. The van der Waals surface area contributed by atoms with Crippen molar-refractivity contribution in [2.24, 2.45) is 11.8 Å². The molecule has 1 atom stereocenters. The maximum Gasteiger partial charge on any atom is 0.0473 e. The van der Waals surface area contributed by atoms with Gasteiger partial charge in [-0.05, 0) is 31.4 Å². The molecule has 0 fully saturated rings. The van der Waals surface area contributed by atoms with Crippen LogP contribution < -0.4 is 0 Å². The van der Waals surface area contributed by atoms with E-state index in [2.05, 4.69) is 57.0 Å². The molecule has 17 heavy (non-hydrogen) atoms. The van der Waals surface area contributed by atoms with Gasteiger partial charge in [0.2, 0.25) is 0 Å². The third kappa shape index (κ3) is 4.88. The summed E-state index contributed by atoms with van der Waals surface area (Å²) in [7, 11) is 2.12. The number of nitrogens with zero attached hydrogens (tertiary/aromatic N) is 1. The van der Waals surface area contributed by atoms with Gasteiger partial charge in [0.25, 0.3) is 0 Å². The first-order valence-corrected chi connectivity index (χ1v) is 6.38. The minimum absolute atomic E-state index is 0.274. The number of aliphatic hydroxyl groups is 1. The minimum atomic E-state index is 0.274. The van der Waals surface area contributed by atoms with Gasteiger partial charge in [0, 0.05) is 19.7 Å². The lowest BCUT2D eigenvalue weighted by Crippen LogP contribution is -2.30. The summed E-state index contributed by atoms with van der Waals surface area (Å²) in [5.41, 5.74) is 2.63. The predicted molar refractivity (Wildman–Crippen MR) is 72.9 cm³/mol. The third-order valence-electron chi connectivity index (χ3n) is 3.30. The van der Waals surface area contributed by atoms with E-state index in [0.717, 1.165) is 13.1 Å². The van der Waals surface area contributed by atoms with E-state index >= 15 is 0 Å². The van der Waals surface area contributed by atoms with Crippen LogP contribution in [-0.4, -0.2) is 30.2 Å². The average molecular weight is 235 g/mol. The summed E-state index contributed by atoms with van der Waals surface area (Å²) >= 11 is 0. The van der Waals surface area contributed by atoms with Gasteiger partial charge >= 0.3 is 0 Å². The van der Waals surface area contributed by atoms with E-state index in [4.69, 9.17) is 0 Å². The van der Waals surface area contributed by atoms with Crippen molar-refractivity contribution in [1.29, 1.82) is 0 Å². The molecule has 1 N–H and O–H groups in total. The molecule has 0 aliphatic heterocycles. The van der Waals surface area contributed by atoms with E-state index < -0.39 is 0 Å². The fraction of sp³-hybridized carbons (Fsp3) is 0.600. The number of benzene rings is 1. The lowest BCUT2D eigenvalue weighted by Gasteiger charge is -2.25. The Kier molecular flexibility index (Phi) is 5.66. The van der Waals surface area contributed by atoms with Crippen molar-refractivity contribution < 1.29 is 5.11 Å². The van der Waals surface area contributed by atoms with Gasteiger partial charge in [0.1, 0.15) is 0 Å². The van der Waals surface area contributed by atoms with Crippen LogP contribution in [0.25, 0.3) is 0 Å². The Hall–Kier alpha value is -0.860. The van der Waals surface area contributed by atoms with Crippen LogP contribution in [0.15, 0.2) is 24.3 Å². The highest BCUT2D eigenvalue weighted by Gasteiger charge is 2.14. The van der Waals surface area contributed by atoms with Gasteiger partial charge in [0.05, 0.1) is 0 Å². The van der Waals surface area contributed by atoms with Crippen LogP contribution in [0.1, 0.15) is 25.0 Å². The predicted octanol–water partition coefficient (Wildman–Crippen LogP) is 2.69. The van der Waals surface area contributed by atoms with Crippen molar-refractivity contribution in [2.75, 3.05) is 20.2 Å². The van der Waals surface area contributed by atoms with Crippen molar-refractivity contribution in [3.05, 3.63) is 35.4 Å². The molecule has 1 rings (SSSR count). The van der Waals surface area contributed by atoms with Gasteiger partial charge in [0.15, 0.2) is 0 Å². The third-order valence-corrected chi connectivity index (χ3v) is 3.30. The highest BCUT2D eigenvalue weighted by atomic mass is 16.3. The second-order valence-corrected chi connectivity index (χ2v) is 5.37. The second-order valence-electron chi connectivity index (χ2n) is 5.37. The molecule has 1 unspecified atom stereocenters. The summed E-state index contributed by atoms with van der Waals surface area (Å²) in [6, 6.07) is 8.65. The highest BCUT2D eigenvalue weighted by Crippen LogP contribution is 2.13. The number of hydrogen-bond donors (Lipinski definition) is 1. The first-order chi connectivity index (χ1) is 8.02. The Bertz CT molecular complexity index is 318. The molecule has 1 aromatic rings. The van der Waals surface area contributed by atoms with E-state index in [9.17, 15) is 5.11 Å². The minimum Gasteiger partial charge on any atom is -0.396 e. The highest BCUT2D eigenvalue weighted by molar-refractivity contribution is 5.21. The Labute approximate surface area is 105 Å². The van der Waals surface area contributed by atoms with E-state index in [0.29, 0.717) is 11.8 Å². The number of rotatable bonds is 6. The standard InChI is InChI=1S/C15H25NO/c1-12(2)15(11-17)10-16(4)9-14-7-5-13(3)6-8-14/h5-8,12,15,17H,9-11H2,1-4H3. The van der Waals surface area contributed by atoms with E-state index in [1.54, 1.807) is 0 Å². The fourth-order valence-electron chi connectivity index (χ4n) is 1.95. The van der Waals surface area contributed by atoms with Crippen LogP contribution in [-0.2, 0) is 6.54 Å². The summed E-state index contributed by atoms with van der Waals surface area (Å²) in [5, 5.41) is 9.32. The smallest absolute Gasteiger partial charge is 0.0473 e. The molecule has 0 bridgehead atoms. The van der Waals surface area contributed by atoms with E-state index in [1.165, 1.54) is 11.1 Å². The molecular formula is C15H25NO. The lowest BCUT2D eigenvalue weighted by atomic mass is 9.96. The van der Waals surface area contributed by atoms with Gasteiger partial charge in [-0.3, -0.25) is 0 Å². The monoisotopic (exact) mass is 235 g/mol. The number of hydrogen-bond acceptors (Lipinski definition) is 2. The van der Waals surface area contributed by atoms with Gasteiger partial charge in [-0.2, -0.15) is 0 Å². The molecule has 2 heteroatoms. The van der Waals surface area contributed by atoms with Gasteiger partial charge in [-0.25, -0.2) is 0 Å². The molecule has 96 valence electrons. The molecule has 0 spiro atoms. The topological polar surface area (TPSA) is 23.5 Å². The molecule has 2 nitrogen and oxygen atoms in total. The SMILES string of the molecule is Cc1ccc(CN(C)CC(CO)C(C)C)cc1.